The lowest BCUT2D eigenvalue weighted by Crippen LogP contribution is -2.45. The molecule has 1 atom stereocenters. The van der Waals surface area contributed by atoms with Gasteiger partial charge >= 0.3 is 11.9 Å². The molecule has 7 nitrogen and oxygen atoms in total. The summed E-state index contributed by atoms with van der Waals surface area (Å²) in [4.78, 5) is 39.8. The van der Waals surface area contributed by atoms with Gasteiger partial charge in [-0.05, 0) is 30.3 Å². The Labute approximate surface area is 165 Å². The first-order valence-electron chi connectivity index (χ1n) is 8.84. The molecular formula is C22H17NO6. The van der Waals surface area contributed by atoms with Gasteiger partial charge in [-0.3, -0.25) is 9.69 Å². The van der Waals surface area contributed by atoms with E-state index in [9.17, 15) is 14.4 Å². The molecule has 2 heterocycles. The Balaban J connectivity index is 2.10. The van der Waals surface area contributed by atoms with E-state index in [2.05, 4.69) is 0 Å². The van der Waals surface area contributed by atoms with E-state index in [1.807, 2.05) is 6.07 Å². The highest BCUT2D eigenvalue weighted by molar-refractivity contribution is 6.07. The molecule has 1 aromatic heterocycles. The molecule has 1 aliphatic heterocycles. The van der Waals surface area contributed by atoms with Crippen LogP contribution in [0.1, 0.15) is 5.56 Å². The number of anilines is 2. The Kier molecular flexibility index (Phi) is 4.64. The lowest BCUT2D eigenvalue weighted by atomic mass is 9.96. The Morgan fingerprint density at radius 2 is 1.66 bits per heavy atom. The number of esters is 2. The largest absolute Gasteiger partial charge is 0.467 e. The van der Waals surface area contributed by atoms with Gasteiger partial charge in [-0.25, -0.2) is 9.59 Å². The fourth-order valence-electron chi connectivity index (χ4n) is 3.43. The van der Waals surface area contributed by atoms with Gasteiger partial charge in [-0.1, -0.05) is 30.3 Å². The number of carbonyl (C=O) groups excluding carboxylic acids is 2. The van der Waals surface area contributed by atoms with Crippen molar-refractivity contribution in [2.75, 3.05) is 19.1 Å². The third-order valence-electron chi connectivity index (χ3n) is 4.76. The summed E-state index contributed by atoms with van der Waals surface area (Å²) in [5.41, 5.74) is 0.756. The first-order valence-corrected chi connectivity index (χ1v) is 8.84. The summed E-state index contributed by atoms with van der Waals surface area (Å²) in [5.74, 6) is -1.27. The van der Waals surface area contributed by atoms with Crippen LogP contribution in [-0.4, -0.2) is 32.2 Å². The number of rotatable bonds is 3. The van der Waals surface area contributed by atoms with Gasteiger partial charge in [0.15, 0.2) is 6.04 Å². The maximum atomic E-state index is 13.2. The lowest BCUT2D eigenvalue weighted by Gasteiger charge is -2.34. The summed E-state index contributed by atoms with van der Waals surface area (Å²) in [7, 11) is 2.44. The van der Waals surface area contributed by atoms with E-state index in [1.165, 1.54) is 25.2 Å². The zero-order valence-electron chi connectivity index (χ0n) is 15.7. The number of para-hydroxylation sites is 2. The predicted molar refractivity (Wildman–Crippen MR) is 107 cm³/mol. The highest BCUT2D eigenvalue weighted by atomic mass is 16.5. The van der Waals surface area contributed by atoms with E-state index in [0.29, 0.717) is 16.7 Å². The molecular weight excluding hydrogens is 374 g/mol. The number of ether oxygens (including phenoxy) is 2. The second-order valence-corrected chi connectivity index (χ2v) is 6.37. The van der Waals surface area contributed by atoms with Crippen LogP contribution in [0.15, 0.2) is 69.4 Å². The second-order valence-electron chi connectivity index (χ2n) is 6.37. The van der Waals surface area contributed by atoms with Crippen LogP contribution in [0.5, 0.6) is 0 Å². The molecule has 0 aliphatic carbocycles. The number of methoxy groups -OCH3 is 2. The van der Waals surface area contributed by atoms with Gasteiger partial charge in [0.2, 0.25) is 11.3 Å². The van der Waals surface area contributed by atoms with Gasteiger partial charge in [0.25, 0.3) is 0 Å². The zero-order chi connectivity index (χ0) is 20.5. The lowest BCUT2D eigenvalue weighted by molar-refractivity contribution is -0.144. The quantitative estimate of drug-likeness (QED) is 0.634. The zero-order valence-corrected chi connectivity index (χ0v) is 15.7. The van der Waals surface area contributed by atoms with Crippen molar-refractivity contribution in [2.24, 2.45) is 0 Å². The fourth-order valence-corrected chi connectivity index (χ4v) is 3.43. The minimum Gasteiger partial charge on any atom is -0.467 e. The van der Waals surface area contributed by atoms with Crippen molar-refractivity contribution in [2.45, 2.75) is 6.04 Å². The smallest absolute Gasteiger partial charge is 0.336 e. The molecule has 146 valence electrons. The molecule has 3 aromatic rings. The van der Waals surface area contributed by atoms with Crippen LogP contribution in [0.4, 0.5) is 11.6 Å². The summed E-state index contributed by atoms with van der Waals surface area (Å²) < 4.78 is 15.9. The van der Waals surface area contributed by atoms with Crippen LogP contribution in [0.3, 0.4) is 0 Å². The van der Waals surface area contributed by atoms with Gasteiger partial charge in [0, 0.05) is 5.69 Å². The number of carbonyl (C=O) groups is 2. The molecule has 29 heavy (non-hydrogen) atoms. The van der Waals surface area contributed by atoms with E-state index in [4.69, 9.17) is 13.9 Å². The number of benzene rings is 2. The minimum absolute atomic E-state index is 0.0155. The van der Waals surface area contributed by atoms with Gasteiger partial charge in [0.1, 0.15) is 5.58 Å². The van der Waals surface area contributed by atoms with Gasteiger partial charge in [-0.2, -0.15) is 0 Å². The van der Waals surface area contributed by atoms with Crippen LogP contribution >= 0.6 is 0 Å². The molecule has 0 saturated heterocycles. The third-order valence-corrected chi connectivity index (χ3v) is 4.76. The normalized spacial score (nSPS) is 15.4. The van der Waals surface area contributed by atoms with Gasteiger partial charge < -0.3 is 13.9 Å². The number of hydrogen-bond donors (Lipinski definition) is 0. The topological polar surface area (TPSA) is 86.0 Å². The Bertz CT molecular complexity index is 1190. The predicted octanol–water partition coefficient (Wildman–Crippen LogP) is 3.04. The molecule has 0 radical (unpaired) electrons. The van der Waals surface area contributed by atoms with Gasteiger partial charge in [0.05, 0.1) is 30.7 Å². The van der Waals surface area contributed by atoms with E-state index >= 15 is 0 Å². The Morgan fingerprint density at radius 1 is 0.966 bits per heavy atom. The SMILES string of the molecule is COC(=O)C1=Cc2c(oc3ccccc3c2=O)N(c2ccccc2)[C@@H]1C(=O)OC. The Hall–Kier alpha value is -3.87. The number of hydrogen-bond acceptors (Lipinski definition) is 7. The minimum atomic E-state index is -1.17. The van der Waals surface area contributed by atoms with E-state index < -0.39 is 18.0 Å². The van der Waals surface area contributed by atoms with E-state index in [-0.39, 0.29) is 22.4 Å². The van der Waals surface area contributed by atoms with Crippen molar-refractivity contribution in [1.82, 2.24) is 0 Å². The first kappa shape index (κ1) is 18.5. The highest BCUT2D eigenvalue weighted by Crippen LogP contribution is 2.39. The molecule has 1 aliphatic rings. The standard InChI is InChI=1S/C22H17NO6/c1-27-21(25)15-12-16-19(24)14-10-6-7-11-17(14)29-20(16)23(18(15)22(26)28-2)13-8-4-3-5-9-13/h3-12,18H,1-2H3/t18-/m0/s1. The summed E-state index contributed by atoms with van der Waals surface area (Å²) in [6.07, 6.45) is 1.35. The van der Waals surface area contributed by atoms with Gasteiger partial charge in [-0.15, -0.1) is 0 Å². The summed E-state index contributed by atoms with van der Waals surface area (Å²) in [5, 5.41) is 0.372. The van der Waals surface area contributed by atoms with E-state index in [1.54, 1.807) is 48.5 Å². The van der Waals surface area contributed by atoms with Crippen molar-refractivity contribution >= 4 is 40.6 Å². The summed E-state index contributed by atoms with van der Waals surface area (Å²) >= 11 is 0. The van der Waals surface area contributed by atoms with E-state index in [0.717, 1.165) is 0 Å². The third kappa shape index (κ3) is 2.97. The molecule has 7 heteroatoms. The van der Waals surface area contributed by atoms with Crippen molar-refractivity contribution in [1.29, 1.82) is 0 Å². The molecule has 0 N–H and O–H groups in total. The molecule has 4 rings (SSSR count). The molecule has 0 spiro atoms. The average molecular weight is 391 g/mol. The van der Waals surface area contributed by atoms with Crippen LogP contribution in [-0.2, 0) is 19.1 Å². The van der Waals surface area contributed by atoms with Crippen LogP contribution in [0.25, 0.3) is 17.0 Å². The van der Waals surface area contributed by atoms with Crippen molar-refractivity contribution in [3.8, 4) is 0 Å². The Morgan fingerprint density at radius 3 is 2.34 bits per heavy atom. The number of nitrogens with zero attached hydrogens (tertiary/aromatic N) is 1. The molecule has 2 aromatic carbocycles. The molecule has 0 amide bonds. The average Bonchev–Trinajstić information content (AvgIpc) is 2.77. The second kappa shape index (κ2) is 7.27. The van der Waals surface area contributed by atoms with Crippen molar-refractivity contribution < 1.29 is 23.5 Å². The van der Waals surface area contributed by atoms with Crippen LogP contribution < -0.4 is 10.3 Å². The number of fused-ring (bicyclic) bond motifs is 2. The monoisotopic (exact) mass is 391 g/mol. The maximum absolute atomic E-state index is 13.2. The fraction of sp³-hybridized carbons (Fsp3) is 0.136. The van der Waals surface area contributed by atoms with Crippen molar-refractivity contribution in [3.63, 3.8) is 0 Å². The summed E-state index contributed by atoms with van der Waals surface area (Å²) in [6.45, 7) is 0. The highest BCUT2D eigenvalue weighted by Gasteiger charge is 2.42. The molecule has 0 bridgehead atoms. The van der Waals surface area contributed by atoms with Crippen LogP contribution in [0, 0.1) is 0 Å². The van der Waals surface area contributed by atoms with Crippen molar-refractivity contribution in [3.05, 3.63) is 76.0 Å². The summed E-state index contributed by atoms with van der Waals surface area (Å²) in [6, 6.07) is 14.5. The first-order chi connectivity index (χ1) is 14.1. The maximum Gasteiger partial charge on any atom is 0.336 e. The molecule has 0 unspecified atom stereocenters. The van der Waals surface area contributed by atoms with Crippen LogP contribution in [0.2, 0.25) is 0 Å². The molecule has 0 fully saturated rings. The molecule has 0 saturated carbocycles.